The lowest BCUT2D eigenvalue weighted by Gasteiger charge is -2.47. The first-order valence-corrected chi connectivity index (χ1v) is 12.5. The highest BCUT2D eigenvalue weighted by molar-refractivity contribution is 5.98. The van der Waals surface area contributed by atoms with Crippen LogP contribution in [0.25, 0.3) is 33.3 Å². The summed E-state index contributed by atoms with van der Waals surface area (Å²) in [5.41, 5.74) is 9.50. The number of ether oxygens (including phenoxy) is 1. The van der Waals surface area contributed by atoms with Crippen LogP contribution < -0.4 is 16.6 Å². The van der Waals surface area contributed by atoms with E-state index in [0.29, 0.717) is 46.8 Å². The van der Waals surface area contributed by atoms with Gasteiger partial charge in [0, 0.05) is 23.2 Å². The topological polar surface area (TPSA) is 129 Å². The summed E-state index contributed by atoms with van der Waals surface area (Å²) in [7, 11) is 0. The Morgan fingerprint density at radius 1 is 1.08 bits per heavy atom. The van der Waals surface area contributed by atoms with Crippen molar-refractivity contribution in [1.82, 2.24) is 19.9 Å². The quantitative estimate of drug-likeness (QED) is 0.286. The molecule has 2 aromatic heterocycles. The Kier molecular flexibility index (Phi) is 5.65. The summed E-state index contributed by atoms with van der Waals surface area (Å²) in [6, 6.07) is 22.1. The summed E-state index contributed by atoms with van der Waals surface area (Å²) in [6.45, 7) is 4.85. The number of carbonyl (C=O) groups is 1. The fourth-order valence-electron chi connectivity index (χ4n) is 5.13. The third kappa shape index (κ3) is 3.97. The zero-order valence-electron chi connectivity index (χ0n) is 21.1. The molecule has 1 fully saturated rings. The highest BCUT2D eigenvalue weighted by Gasteiger charge is 2.42. The van der Waals surface area contributed by atoms with E-state index in [0.717, 1.165) is 16.6 Å². The van der Waals surface area contributed by atoms with Crippen LogP contribution in [0, 0.1) is 0 Å². The molecule has 0 saturated carbocycles. The fraction of sp³-hybridized carbons (Fsp3) is 0.207. The van der Waals surface area contributed by atoms with Crippen LogP contribution in [0.2, 0.25) is 0 Å². The number of nitrogens with two attached hydrogens (primary N) is 1. The van der Waals surface area contributed by atoms with Gasteiger partial charge in [0.2, 0.25) is 0 Å². The van der Waals surface area contributed by atoms with Crippen LogP contribution in [0.4, 0.5) is 11.4 Å². The van der Waals surface area contributed by atoms with E-state index in [1.54, 1.807) is 0 Å². The van der Waals surface area contributed by atoms with Crippen molar-refractivity contribution >= 4 is 39.2 Å². The van der Waals surface area contributed by atoms with E-state index in [1.165, 1.54) is 0 Å². The number of rotatable bonds is 4. The number of fused-ring (bicyclic) bond motifs is 2. The number of nitrogen functional groups attached to an aromatic ring is 1. The maximum absolute atomic E-state index is 13.2. The second kappa shape index (κ2) is 9.04. The minimum atomic E-state index is -0.820. The van der Waals surface area contributed by atoms with E-state index < -0.39 is 5.72 Å². The predicted molar refractivity (Wildman–Crippen MR) is 149 cm³/mol. The number of pyridine rings is 1. The van der Waals surface area contributed by atoms with Crippen LogP contribution in [0.3, 0.4) is 0 Å². The number of morpholine rings is 1. The number of benzene rings is 3. The fourth-order valence-corrected chi connectivity index (χ4v) is 5.13. The number of H-pyrrole nitrogens is 2. The van der Waals surface area contributed by atoms with E-state index >= 15 is 0 Å². The van der Waals surface area contributed by atoms with E-state index in [9.17, 15) is 9.59 Å². The van der Waals surface area contributed by atoms with Crippen LogP contribution in [0.5, 0.6) is 0 Å². The van der Waals surface area contributed by atoms with E-state index in [4.69, 9.17) is 10.5 Å². The van der Waals surface area contributed by atoms with Gasteiger partial charge in [0.25, 0.3) is 11.5 Å². The minimum Gasteiger partial charge on any atom is -0.397 e. The first kappa shape index (κ1) is 23.7. The molecular weight excluding hydrogens is 480 g/mol. The molecule has 0 spiro atoms. The molecule has 0 bridgehead atoms. The number of carbonyl (C=O) groups excluding carboxylic acids is 1. The second-order valence-electron chi connectivity index (χ2n) is 9.73. The summed E-state index contributed by atoms with van der Waals surface area (Å²) in [5, 5.41) is 4.24. The summed E-state index contributed by atoms with van der Waals surface area (Å²) >= 11 is 0. The lowest BCUT2D eigenvalue weighted by molar-refractivity contribution is -0.103. The Bertz CT molecular complexity index is 1730. The van der Waals surface area contributed by atoms with Gasteiger partial charge in [-0.15, -0.1) is 0 Å². The van der Waals surface area contributed by atoms with Crippen molar-refractivity contribution in [3.05, 3.63) is 88.7 Å². The third-order valence-corrected chi connectivity index (χ3v) is 7.35. The second-order valence-corrected chi connectivity index (χ2v) is 9.73. The number of amides is 1. The zero-order valence-corrected chi connectivity index (χ0v) is 21.1. The summed E-state index contributed by atoms with van der Waals surface area (Å²) in [5.74, 6) is 0.371. The average molecular weight is 509 g/mol. The lowest BCUT2D eigenvalue weighted by Crippen LogP contribution is -2.62. The zero-order chi connectivity index (χ0) is 26.4. The van der Waals surface area contributed by atoms with Crippen LogP contribution in [0.1, 0.15) is 24.2 Å². The van der Waals surface area contributed by atoms with Crippen molar-refractivity contribution in [2.45, 2.75) is 25.6 Å². The average Bonchev–Trinajstić information content (AvgIpc) is 3.33. The molecule has 6 rings (SSSR count). The van der Waals surface area contributed by atoms with E-state index in [-0.39, 0.29) is 17.5 Å². The highest BCUT2D eigenvalue weighted by Crippen LogP contribution is 2.31. The maximum Gasteiger partial charge on any atom is 0.261 e. The molecule has 1 amide bonds. The number of nitrogens with one attached hydrogen (secondary N) is 3. The van der Waals surface area contributed by atoms with Crippen LogP contribution >= 0.6 is 0 Å². The molecule has 192 valence electrons. The van der Waals surface area contributed by atoms with Crippen molar-refractivity contribution in [3.8, 4) is 11.4 Å². The molecule has 2 atom stereocenters. The molecule has 9 heteroatoms. The highest BCUT2D eigenvalue weighted by atomic mass is 16.5. The van der Waals surface area contributed by atoms with Gasteiger partial charge >= 0.3 is 0 Å². The Morgan fingerprint density at radius 3 is 2.66 bits per heavy atom. The molecule has 1 saturated heterocycles. The lowest BCUT2D eigenvalue weighted by atomic mass is 10.0. The van der Waals surface area contributed by atoms with Crippen molar-refractivity contribution in [2.75, 3.05) is 24.2 Å². The monoisotopic (exact) mass is 508 g/mol. The molecule has 3 aromatic carbocycles. The molecule has 1 aliphatic rings. The Labute approximate surface area is 218 Å². The molecule has 3 heterocycles. The SMILES string of the molecule is CC1N(C(=O)c2ccccc2)CCOC1(C)Nc1ccc2nc(-c3c(N)c4ccccc4[nH]c3=O)[nH]c2c1. The van der Waals surface area contributed by atoms with Gasteiger partial charge in [0.05, 0.1) is 34.9 Å². The number of para-hydroxylation sites is 1. The molecule has 9 nitrogen and oxygen atoms in total. The van der Waals surface area contributed by atoms with Gasteiger partial charge in [-0.1, -0.05) is 36.4 Å². The summed E-state index contributed by atoms with van der Waals surface area (Å²) in [4.78, 5) is 38.7. The first-order chi connectivity index (χ1) is 18.3. The Morgan fingerprint density at radius 2 is 1.84 bits per heavy atom. The summed E-state index contributed by atoms with van der Waals surface area (Å²) < 4.78 is 6.16. The van der Waals surface area contributed by atoms with Crippen molar-refractivity contribution in [2.24, 2.45) is 0 Å². The number of aromatic amines is 2. The van der Waals surface area contributed by atoms with Gasteiger partial charge in [-0.25, -0.2) is 4.98 Å². The van der Waals surface area contributed by atoms with Gasteiger partial charge in [0.15, 0.2) is 5.72 Å². The number of imidazole rings is 1. The molecular formula is C29H28N6O3. The number of aromatic nitrogens is 3. The predicted octanol–water partition coefficient (Wildman–Crippen LogP) is 4.34. The molecule has 0 radical (unpaired) electrons. The number of anilines is 2. The maximum atomic E-state index is 13.2. The molecule has 0 aliphatic carbocycles. The van der Waals surface area contributed by atoms with Crippen LogP contribution in [-0.2, 0) is 4.74 Å². The molecule has 1 aliphatic heterocycles. The molecule has 38 heavy (non-hydrogen) atoms. The Balaban J connectivity index is 1.30. The van der Waals surface area contributed by atoms with Crippen molar-refractivity contribution < 1.29 is 9.53 Å². The van der Waals surface area contributed by atoms with E-state index in [2.05, 4.69) is 20.3 Å². The van der Waals surface area contributed by atoms with Crippen LogP contribution in [0.15, 0.2) is 77.6 Å². The number of nitrogens with zero attached hydrogens (tertiary/aromatic N) is 2. The van der Waals surface area contributed by atoms with Gasteiger partial charge in [-0.05, 0) is 50.2 Å². The first-order valence-electron chi connectivity index (χ1n) is 12.5. The molecule has 5 N–H and O–H groups in total. The smallest absolute Gasteiger partial charge is 0.261 e. The van der Waals surface area contributed by atoms with Gasteiger partial charge in [0.1, 0.15) is 11.4 Å². The largest absolute Gasteiger partial charge is 0.397 e. The summed E-state index contributed by atoms with van der Waals surface area (Å²) in [6.07, 6.45) is 0. The molecule has 2 unspecified atom stereocenters. The minimum absolute atomic E-state index is 0.0266. The van der Waals surface area contributed by atoms with Gasteiger partial charge in [-0.2, -0.15) is 0 Å². The number of hydrogen-bond acceptors (Lipinski definition) is 6. The van der Waals surface area contributed by atoms with Crippen LogP contribution in [-0.4, -0.2) is 50.7 Å². The number of hydrogen-bond donors (Lipinski definition) is 4. The van der Waals surface area contributed by atoms with Gasteiger partial charge < -0.3 is 30.7 Å². The molecule has 5 aromatic rings. The van der Waals surface area contributed by atoms with Crippen molar-refractivity contribution in [1.29, 1.82) is 0 Å². The Hall–Kier alpha value is -4.63. The van der Waals surface area contributed by atoms with Gasteiger partial charge in [-0.3, -0.25) is 9.59 Å². The standard InChI is InChI=1S/C29H28N6O3/c1-17-29(2,38-15-14-35(17)28(37)18-8-4-3-5-9-18)34-19-12-13-22-23(16-19)32-26(31-22)24-25(30)20-10-6-7-11-21(20)33-27(24)36/h3-13,16-17,34H,14-15H2,1-2H3,(H,31,32)(H3,30,33,36). The third-order valence-electron chi connectivity index (χ3n) is 7.35. The van der Waals surface area contributed by atoms with Crippen molar-refractivity contribution in [3.63, 3.8) is 0 Å². The normalized spacial score (nSPS) is 19.6. The van der Waals surface area contributed by atoms with E-state index in [1.807, 2.05) is 91.5 Å².